The van der Waals surface area contributed by atoms with Gasteiger partial charge in [-0.2, -0.15) is 5.10 Å². The van der Waals surface area contributed by atoms with Gasteiger partial charge < -0.3 is 16.0 Å². The van der Waals surface area contributed by atoms with E-state index in [0.29, 0.717) is 21.7 Å². The highest BCUT2D eigenvalue weighted by molar-refractivity contribution is 6.34. The van der Waals surface area contributed by atoms with Gasteiger partial charge in [-0.15, -0.1) is 0 Å². The van der Waals surface area contributed by atoms with E-state index >= 15 is 0 Å². The standard InChI is InChI=1S/C19H23Cl2N7/c1-28-11-12(9-25-28)17-10-24-19(22,13-6-14(20)8-15(21)7-13)27-18(17)26-16-2-4-23-5-3-16/h6-11,16,23,26-27H,2-5,22H2,1H3. The van der Waals surface area contributed by atoms with Gasteiger partial charge in [0.15, 0.2) is 0 Å². The molecule has 0 bridgehead atoms. The second-order valence-electron chi connectivity index (χ2n) is 7.17. The van der Waals surface area contributed by atoms with Gasteiger partial charge in [0.1, 0.15) is 5.82 Å². The van der Waals surface area contributed by atoms with Crippen LogP contribution >= 0.6 is 23.2 Å². The average Bonchev–Trinajstić information content (AvgIpc) is 3.08. The molecule has 7 nitrogen and oxygen atoms in total. The lowest BCUT2D eigenvalue weighted by atomic mass is 10.0. The van der Waals surface area contributed by atoms with E-state index in [-0.39, 0.29) is 0 Å². The summed E-state index contributed by atoms with van der Waals surface area (Å²) in [7, 11) is 1.89. The summed E-state index contributed by atoms with van der Waals surface area (Å²) >= 11 is 12.4. The fourth-order valence-corrected chi connectivity index (χ4v) is 4.03. The van der Waals surface area contributed by atoms with Crippen molar-refractivity contribution < 1.29 is 0 Å². The van der Waals surface area contributed by atoms with E-state index in [9.17, 15) is 0 Å². The van der Waals surface area contributed by atoms with Crippen LogP contribution in [-0.4, -0.2) is 35.1 Å². The molecule has 2 aliphatic heterocycles. The Bertz CT molecular complexity index is 910. The lowest BCUT2D eigenvalue weighted by Crippen LogP contribution is -2.54. The van der Waals surface area contributed by atoms with E-state index in [4.69, 9.17) is 28.9 Å². The van der Waals surface area contributed by atoms with E-state index < -0.39 is 5.79 Å². The highest BCUT2D eigenvalue weighted by Crippen LogP contribution is 2.30. The molecule has 3 heterocycles. The Morgan fingerprint density at radius 1 is 1.21 bits per heavy atom. The van der Waals surface area contributed by atoms with Gasteiger partial charge in [0.2, 0.25) is 5.79 Å². The summed E-state index contributed by atoms with van der Waals surface area (Å²) in [5, 5.41) is 15.7. The van der Waals surface area contributed by atoms with Crippen LogP contribution in [0.1, 0.15) is 24.0 Å². The minimum absolute atomic E-state index is 0.342. The number of rotatable bonds is 4. The fraction of sp³-hybridized carbons (Fsp3) is 0.368. The summed E-state index contributed by atoms with van der Waals surface area (Å²) in [6.45, 7) is 1.97. The molecule has 1 unspecified atom stereocenters. The monoisotopic (exact) mass is 419 g/mol. The van der Waals surface area contributed by atoms with Crippen LogP contribution in [0.15, 0.2) is 41.4 Å². The number of nitrogens with zero attached hydrogens (tertiary/aromatic N) is 3. The molecule has 1 aromatic heterocycles. The van der Waals surface area contributed by atoms with Crippen LogP contribution in [0, 0.1) is 0 Å². The highest BCUT2D eigenvalue weighted by atomic mass is 35.5. The first kappa shape index (κ1) is 19.3. The summed E-state index contributed by atoms with van der Waals surface area (Å²) < 4.78 is 1.76. The van der Waals surface area contributed by atoms with Crippen molar-refractivity contribution in [1.82, 2.24) is 25.7 Å². The van der Waals surface area contributed by atoms with Gasteiger partial charge in [-0.25, -0.2) is 4.99 Å². The summed E-state index contributed by atoms with van der Waals surface area (Å²) in [5.74, 6) is -0.344. The van der Waals surface area contributed by atoms with E-state index in [0.717, 1.165) is 42.9 Å². The van der Waals surface area contributed by atoms with Gasteiger partial charge in [-0.3, -0.25) is 10.4 Å². The molecule has 0 amide bonds. The van der Waals surface area contributed by atoms with Gasteiger partial charge in [0, 0.05) is 52.2 Å². The molecule has 28 heavy (non-hydrogen) atoms. The Kier molecular flexibility index (Phi) is 5.33. The Labute approximate surface area is 174 Å². The molecule has 9 heteroatoms. The lowest BCUT2D eigenvalue weighted by molar-refractivity contribution is 0.350. The molecule has 1 fully saturated rings. The second-order valence-corrected chi connectivity index (χ2v) is 8.04. The molecule has 0 radical (unpaired) electrons. The zero-order valence-electron chi connectivity index (χ0n) is 15.5. The number of aliphatic imine (C=N–C) groups is 1. The number of hydrogen-bond acceptors (Lipinski definition) is 6. The first-order valence-corrected chi connectivity index (χ1v) is 9.98. The molecule has 1 atom stereocenters. The van der Waals surface area contributed by atoms with Gasteiger partial charge in [0.05, 0.1) is 6.20 Å². The predicted molar refractivity (Wildman–Crippen MR) is 113 cm³/mol. The first-order valence-electron chi connectivity index (χ1n) is 9.22. The Hall–Kier alpha value is -2.06. The van der Waals surface area contributed by atoms with Crippen LogP contribution in [0.5, 0.6) is 0 Å². The number of aryl methyl sites for hydroxylation is 1. The molecule has 2 aliphatic rings. The number of piperidine rings is 1. The molecule has 1 saturated heterocycles. The molecule has 1 aromatic carbocycles. The summed E-state index contributed by atoms with van der Waals surface area (Å²) in [6.07, 6.45) is 7.61. The van der Waals surface area contributed by atoms with E-state index in [1.807, 2.05) is 19.4 Å². The highest BCUT2D eigenvalue weighted by Gasteiger charge is 2.33. The van der Waals surface area contributed by atoms with Crippen molar-refractivity contribution in [3.8, 4) is 0 Å². The zero-order valence-corrected chi connectivity index (χ0v) is 17.1. The fourth-order valence-electron chi connectivity index (χ4n) is 3.51. The zero-order chi connectivity index (χ0) is 19.7. The lowest BCUT2D eigenvalue weighted by Gasteiger charge is -2.36. The van der Waals surface area contributed by atoms with Crippen LogP contribution in [0.3, 0.4) is 0 Å². The van der Waals surface area contributed by atoms with Crippen molar-refractivity contribution in [2.24, 2.45) is 17.8 Å². The molecule has 0 aliphatic carbocycles. The van der Waals surface area contributed by atoms with Gasteiger partial charge >= 0.3 is 0 Å². The summed E-state index contributed by atoms with van der Waals surface area (Å²) in [6, 6.07) is 5.56. The second kappa shape index (κ2) is 7.75. The molecular weight excluding hydrogens is 397 g/mol. The topological polar surface area (TPSA) is 92.3 Å². The van der Waals surface area contributed by atoms with Gasteiger partial charge in [-0.05, 0) is 44.1 Å². The maximum atomic E-state index is 6.63. The molecule has 0 spiro atoms. The molecule has 5 N–H and O–H groups in total. The van der Waals surface area contributed by atoms with Crippen LogP contribution in [-0.2, 0) is 12.8 Å². The van der Waals surface area contributed by atoms with Crippen LogP contribution < -0.4 is 21.7 Å². The number of nitrogens with two attached hydrogens (primary N) is 1. The summed E-state index contributed by atoms with van der Waals surface area (Å²) in [5.41, 5.74) is 9.19. The van der Waals surface area contributed by atoms with Crippen LogP contribution in [0.4, 0.5) is 0 Å². The normalized spacial score (nSPS) is 23.0. The third-order valence-electron chi connectivity index (χ3n) is 4.99. The Morgan fingerprint density at radius 3 is 2.57 bits per heavy atom. The first-order chi connectivity index (χ1) is 13.4. The van der Waals surface area contributed by atoms with Crippen LogP contribution in [0.2, 0.25) is 10.0 Å². The number of halogens is 2. The Balaban J connectivity index is 1.70. The van der Waals surface area contributed by atoms with Crippen molar-refractivity contribution >= 4 is 35.0 Å². The maximum Gasteiger partial charge on any atom is 0.210 e. The van der Waals surface area contributed by atoms with Crippen molar-refractivity contribution in [3.05, 3.63) is 57.6 Å². The molecule has 0 saturated carbocycles. The van der Waals surface area contributed by atoms with Gasteiger partial charge in [0.25, 0.3) is 0 Å². The smallest absolute Gasteiger partial charge is 0.210 e. The maximum absolute atomic E-state index is 6.63. The third-order valence-corrected chi connectivity index (χ3v) is 5.42. The van der Waals surface area contributed by atoms with Crippen LogP contribution in [0.25, 0.3) is 5.57 Å². The minimum atomic E-state index is -1.17. The predicted octanol–water partition coefficient (Wildman–Crippen LogP) is 2.18. The molecule has 148 valence electrons. The number of nitrogens with one attached hydrogen (secondary N) is 3. The SMILES string of the molecule is Cn1cc(C2=C(NC3CCNCC3)NC(N)(c3cc(Cl)cc(Cl)c3)N=C2)cn1. The van der Waals surface area contributed by atoms with Crippen molar-refractivity contribution in [2.75, 3.05) is 13.1 Å². The minimum Gasteiger partial charge on any atom is -0.368 e. The van der Waals surface area contributed by atoms with E-state index in [2.05, 4.69) is 26.0 Å². The Morgan fingerprint density at radius 2 is 1.93 bits per heavy atom. The quantitative estimate of drug-likeness (QED) is 0.609. The molecule has 4 rings (SSSR count). The van der Waals surface area contributed by atoms with Crippen molar-refractivity contribution in [1.29, 1.82) is 0 Å². The molecule has 2 aromatic rings. The summed E-state index contributed by atoms with van der Waals surface area (Å²) in [4.78, 5) is 4.60. The number of hydrogen-bond donors (Lipinski definition) is 4. The molecular formula is C19H23Cl2N7. The van der Waals surface area contributed by atoms with E-state index in [1.165, 1.54) is 0 Å². The van der Waals surface area contributed by atoms with Crippen molar-refractivity contribution in [3.63, 3.8) is 0 Å². The number of benzene rings is 1. The van der Waals surface area contributed by atoms with Crippen molar-refractivity contribution in [2.45, 2.75) is 24.7 Å². The van der Waals surface area contributed by atoms with Gasteiger partial charge in [-0.1, -0.05) is 23.2 Å². The third kappa shape index (κ3) is 4.03. The number of aromatic nitrogens is 2. The van der Waals surface area contributed by atoms with E-state index in [1.54, 1.807) is 29.1 Å². The largest absolute Gasteiger partial charge is 0.368 e. The number of allylic oxidation sites excluding steroid dienone is 1. The average molecular weight is 420 g/mol.